The number of hydrogen-bond donors (Lipinski definition) is 0. The number of sulfone groups is 1. The number of thiazole rings is 1. The summed E-state index contributed by atoms with van der Waals surface area (Å²) < 4.78 is 52.4. The van der Waals surface area contributed by atoms with Gasteiger partial charge in [0.1, 0.15) is 11.6 Å². The molecule has 29 heavy (non-hydrogen) atoms. The van der Waals surface area contributed by atoms with E-state index in [0.29, 0.717) is 37.2 Å². The summed E-state index contributed by atoms with van der Waals surface area (Å²) in [4.78, 5) is 6.76. The number of rotatable bonds is 4. The molecule has 1 fully saturated rings. The lowest BCUT2D eigenvalue weighted by molar-refractivity contribution is 0.529. The highest BCUT2D eigenvalue weighted by Gasteiger charge is 2.32. The van der Waals surface area contributed by atoms with Crippen LogP contribution in [0.1, 0.15) is 12.8 Å². The van der Waals surface area contributed by atoms with Gasteiger partial charge in [-0.25, -0.2) is 22.2 Å². The molecule has 0 spiro atoms. The van der Waals surface area contributed by atoms with Crippen molar-refractivity contribution in [2.24, 2.45) is 0 Å². The van der Waals surface area contributed by atoms with Crippen LogP contribution in [-0.4, -0.2) is 31.7 Å². The minimum atomic E-state index is -3.50. The van der Waals surface area contributed by atoms with Crippen molar-refractivity contribution in [2.75, 3.05) is 18.0 Å². The van der Waals surface area contributed by atoms with Gasteiger partial charge in [0.05, 0.1) is 20.9 Å². The molecule has 3 aromatic rings. The summed E-state index contributed by atoms with van der Waals surface area (Å²) in [7, 11) is -3.50. The van der Waals surface area contributed by atoms with Crippen LogP contribution in [0.5, 0.6) is 0 Å². The fraction of sp³-hybridized carbons (Fsp3) is 0.250. The van der Waals surface area contributed by atoms with E-state index in [2.05, 4.69) is 4.98 Å². The summed E-state index contributed by atoms with van der Waals surface area (Å²) >= 11 is 7.16. The molecule has 9 heteroatoms. The van der Waals surface area contributed by atoms with Crippen LogP contribution in [0.3, 0.4) is 0 Å². The molecule has 0 radical (unpaired) electrons. The van der Waals surface area contributed by atoms with Gasteiger partial charge in [-0.05, 0) is 49.2 Å². The second-order valence-corrected chi connectivity index (χ2v) is 10.3. The van der Waals surface area contributed by atoms with Crippen molar-refractivity contribution in [2.45, 2.75) is 23.0 Å². The van der Waals surface area contributed by atoms with Gasteiger partial charge in [-0.3, -0.25) is 0 Å². The van der Waals surface area contributed by atoms with Crippen LogP contribution in [0.2, 0.25) is 5.02 Å². The van der Waals surface area contributed by atoms with E-state index >= 15 is 0 Å². The van der Waals surface area contributed by atoms with Crippen molar-refractivity contribution in [3.63, 3.8) is 0 Å². The molecule has 1 aliphatic heterocycles. The van der Waals surface area contributed by atoms with Crippen molar-refractivity contribution in [1.29, 1.82) is 0 Å². The van der Waals surface area contributed by atoms with Gasteiger partial charge in [0.15, 0.2) is 15.0 Å². The standard InChI is InChI=1S/C20H17ClF2N2O2S2/c21-17-6-1-13(11-18(17)23)19-12-28-20(24-19)25-9-7-16(8-10-25)29(26,27)15-4-2-14(22)3-5-15/h1-6,11-12,16H,7-10H2. The highest BCUT2D eigenvalue weighted by molar-refractivity contribution is 7.92. The lowest BCUT2D eigenvalue weighted by atomic mass is 10.1. The average Bonchev–Trinajstić information content (AvgIpc) is 3.21. The molecule has 0 atom stereocenters. The Balaban J connectivity index is 1.45. The summed E-state index contributed by atoms with van der Waals surface area (Å²) in [5, 5.41) is 2.18. The molecule has 2 heterocycles. The normalized spacial score (nSPS) is 15.6. The number of halogens is 3. The SMILES string of the molecule is O=S(=O)(c1ccc(F)cc1)C1CCN(c2nc(-c3ccc(Cl)c(F)c3)cs2)CC1. The molecule has 0 N–H and O–H groups in total. The van der Waals surface area contributed by atoms with Gasteiger partial charge in [-0.15, -0.1) is 11.3 Å². The monoisotopic (exact) mass is 454 g/mol. The van der Waals surface area contributed by atoms with Crippen LogP contribution in [0.15, 0.2) is 52.7 Å². The Kier molecular flexibility index (Phi) is 5.59. The maximum atomic E-state index is 13.7. The summed E-state index contributed by atoms with van der Waals surface area (Å²) in [6.07, 6.45) is 0.925. The highest BCUT2D eigenvalue weighted by atomic mass is 35.5. The van der Waals surface area contributed by atoms with Crippen LogP contribution < -0.4 is 4.90 Å². The summed E-state index contributed by atoms with van der Waals surface area (Å²) in [5.74, 6) is -0.954. The summed E-state index contributed by atoms with van der Waals surface area (Å²) in [6.45, 7) is 1.10. The minimum absolute atomic E-state index is 0.0636. The van der Waals surface area contributed by atoms with E-state index in [9.17, 15) is 17.2 Å². The first kappa shape index (κ1) is 20.3. The molecular formula is C20H17ClF2N2O2S2. The van der Waals surface area contributed by atoms with Crippen molar-refractivity contribution < 1.29 is 17.2 Å². The second kappa shape index (κ2) is 8.01. The number of nitrogens with zero attached hydrogens (tertiary/aromatic N) is 2. The minimum Gasteiger partial charge on any atom is -0.348 e. The molecule has 0 aliphatic carbocycles. The zero-order valence-corrected chi connectivity index (χ0v) is 17.6. The molecule has 1 aliphatic rings. The maximum Gasteiger partial charge on any atom is 0.185 e. The first-order valence-electron chi connectivity index (χ1n) is 9.00. The maximum absolute atomic E-state index is 13.7. The zero-order valence-electron chi connectivity index (χ0n) is 15.2. The largest absolute Gasteiger partial charge is 0.348 e. The number of anilines is 1. The van der Waals surface area contributed by atoms with Gasteiger partial charge < -0.3 is 4.90 Å². The van der Waals surface area contributed by atoms with E-state index in [4.69, 9.17) is 11.6 Å². The first-order valence-corrected chi connectivity index (χ1v) is 11.8. The van der Waals surface area contributed by atoms with Crippen LogP contribution in [0, 0.1) is 11.6 Å². The van der Waals surface area contributed by atoms with Gasteiger partial charge in [-0.1, -0.05) is 17.7 Å². The Hall–Kier alpha value is -2.03. The van der Waals surface area contributed by atoms with Gasteiger partial charge in [0.2, 0.25) is 0 Å². The number of benzene rings is 2. The lowest BCUT2D eigenvalue weighted by Crippen LogP contribution is -2.39. The van der Waals surface area contributed by atoms with Crippen molar-refractivity contribution in [3.8, 4) is 11.3 Å². The second-order valence-electron chi connectivity index (χ2n) is 6.83. The van der Waals surface area contributed by atoms with Crippen molar-refractivity contribution in [1.82, 2.24) is 4.98 Å². The van der Waals surface area contributed by atoms with Crippen LogP contribution >= 0.6 is 22.9 Å². The average molecular weight is 455 g/mol. The van der Waals surface area contributed by atoms with Crippen LogP contribution in [-0.2, 0) is 9.84 Å². The third kappa shape index (κ3) is 4.15. The van der Waals surface area contributed by atoms with E-state index in [1.165, 1.54) is 47.7 Å². The van der Waals surface area contributed by atoms with Crippen LogP contribution in [0.4, 0.5) is 13.9 Å². The van der Waals surface area contributed by atoms with Gasteiger partial charge >= 0.3 is 0 Å². The summed E-state index contributed by atoms with van der Waals surface area (Å²) in [6, 6.07) is 9.52. The Morgan fingerprint density at radius 2 is 1.76 bits per heavy atom. The van der Waals surface area contributed by atoms with Crippen molar-refractivity contribution in [3.05, 3.63) is 64.5 Å². The molecule has 0 amide bonds. The predicted molar refractivity (Wildman–Crippen MR) is 111 cm³/mol. The Bertz CT molecular complexity index is 1130. The molecule has 0 bridgehead atoms. The molecule has 1 saturated heterocycles. The zero-order chi connectivity index (χ0) is 20.6. The smallest absolute Gasteiger partial charge is 0.185 e. The topological polar surface area (TPSA) is 50.3 Å². The number of aromatic nitrogens is 1. The van der Waals surface area contributed by atoms with E-state index in [1.807, 2.05) is 10.3 Å². The fourth-order valence-electron chi connectivity index (χ4n) is 3.37. The quantitative estimate of drug-likeness (QED) is 0.509. The third-order valence-corrected chi connectivity index (χ3v) is 8.49. The van der Waals surface area contributed by atoms with Crippen LogP contribution in [0.25, 0.3) is 11.3 Å². The molecule has 4 nitrogen and oxygen atoms in total. The Morgan fingerprint density at radius 3 is 2.41 bits per heavy atom. The molecule has 152 valence electrons. The molecule has 1 aromatic heterocycles. The Labute approximate surface area is 176 Å². The molecule has 4 rings (SSSR count). The summed E-state index contributed by atoms with van der Waals surface area (Å²) in [5.41, 5.74) is 1.30. The van der Waals surface area contributed by atoms with E-state index < -0.39 is 26.7 Å². The Morgan fingerprint density at radius 1 is 1.07 bits per heavy atom. The molecule has 2 aromatic carbocycles. The van der Waals surface area contributed by atoms with Gasteiger partial charge in [0.25, 0.3) is 0 Å². The number of piperidine rings is 1. The number of hydrogen-bond acceptors (Lipinski definition) is 5. The molecule has 0 saturated carbocycles. The lowest BCUT2D eigenvalue weighted by Gasteiger charge is -2.31. The van der Waals surface area contributed by atoms with E-state index in [1.54, 1.807) is 6.07 Å². The molecule has 0 unspecified atom stereocenters. The van der Waals surface area contributed by atoms with Gasteiger partial charge in [0, 0.05) is 24.0 Å². The molecular weight excluding hydrogens is 438 g/mol. The highest BCUT2D eigenvalue weighted by Crippen LogP contribution is 2.32. The van der Waals surface area contributed by atoms with Gasteiger partial charge in [-0.2, -0.15) is 0 Å². The predicted octanol–water partition coefficient (Wildman–Crippen LogP) is 5.18. The van der Waals surface area contributed by atoms with E-state index in [-0.39, 0.29) is 9.92 Å². The fourth-order valence-corrected chi connectivity index (χ4v) is 6.11. The first-order chi connectivity index (χ1) is 13.8. The van der Waals surface area contributed by atoms with E-state index in [0.717, 1.165) is 5.13 Å². The van der Waals surface area contributed by atoms with Crippen molar-refractivity contribution >= 4 is 37.9 Å². The third-order valence-electron chi connectivity index (χ3n) is 5.00.